The molecule has 1 aromatic rings. The Bertz CT molecular complexity index is 445. The molecule has 0 spiro atoms. The van der Waals surface area contributed by atoms with Gasteiger partial charge in [0.2, 0.25) is 0 Å². The first-order valence-electron chi connectivity index (χ1n) is 5.98. The van der Waals surface area contributed by atoms with E-state index in [-0.39, 0.29) is 18.4 Å². The Kier molecular flexibility index (Phi) is 5.78. The lowest BCUT2D eigenvalue weighted by Crippen LogP contribution is -2.30. The van der Waals surface area contributed by atoms with Crippen LogP contribution in [0.15, 0.2) is 30.3 Å². The number of benzene rings is 1. The third-order valence-corrected chi connectivity index (χ3v) is 3.86. The highest BCUT2D eigenvalue weighted by Gasteiger charge is 2.17. The van der Waals surface area contributed by atoms with E-state index in [9.17, 15) is 8.42 Å². The highest BCUT2D eigenvalue weighted by atomic mass is 32.2. The van der Waals surface area contributed by atoms with Crippen LogP contribution in [0.1, 0.15) is 18.0 Å². The largest absolute Gasteiger partial charge is 0.396 e. The van der Waals surface area contributed by atoms with Crippen LogP contribution in [0.5, 0.6) is 0 Å². The number of hydrogen-bond acceptors (Lipinski definition) is 4. The molecule has 4 nitrogen and oxygen atoms in total. The Morgan fingerprint density at radius 1 is 1.28 bits per heavy atom. The molecule has 0 aliphatic carbocycles. The Morgan fingerprint density at radius 2 is 1.89 bits per heavy atom. The van der Waals surface area contributed by atoms with Crippen LogP contribution in [-0.2, 0) is 9.84 Å². The summed E-state index contributed by atoms with van der Waals surface area (Å²) in [6.07, 6.45) is 1.84. The molecular formula is C13H21NO3S. The van der Waals surface area contributed by atoms with E-state index in [1.54, 1.807) is 0 Å². The molecule has 0 aliphatic heterocycles. The predicted molar refractivity (Wildman–Crippen MR) is 73.2 cm³/mol. The molecule has 0 saturated heterocycles. The monoisotopic (exact) mass is 271 g/mol. The van der Waals surface area contributed by atoms with Gasteiger partial charge in [-0.2, -0.15) is 0 Å². The summed E-state index contributed by atoms with van der Waals surface area (Å²) in [6, 6.07) is 9.89. The van der Waals surface area contributed by atoms with Crippen molar-refractivity contribution in [2.45, 2.75) is 12.5 Å². The van der Waals surface area contributed by atoms with E-state index in [0.29, 0.717) is 13.0 Å². The summed E-state index contributed by atoms with van der Waals surface area (Å²) in [5.74, 6) is 0.137. The van der Waals surface area contributed by atoms with Crippen molar-refractivity contribution in [3.8, 4) is 0 Å². The van der Waals surface area contributed by atoms with Gasteiger partial charge in [-0.1, -0.05) is 30.3 Å². The summed E-state index contributed by atoms with van der Waals surface area (Å²) in [5, 5.41) is 9.13. The molecule has 18 heavy (non-hydrogen) atoms. The first-order chi connectivity index (χ1) is 8.44. The molecule has 0 amide bonds. The number of aliphatic hydroxyl groups excluding tert-OH is 1. The van der Waals surface area contributed by atoms with Crippen LogP contribution in [0.3, 0.4) is 0 Å². The normalized spacial score (nSPS) is 13.8. The Hall–Kier alpha value is -0.910. The maximum Gasteiger partial charge on any atom is 0.148 e. The van der Waals surface area contributed by atoms with Crippen LogP contribution >= 0.6 is 0 Å². The molecule has 0 saturated carbocycles. The van der Waals surface area contributed by atoms with Gasteiger partial charge >= 0.3 is 0 Å². The summed E-state index contributed by atoms with van der Waals surface area (Å²) in [7, 11) is -1.07. The number of rotatable bonds is 7. The predicted octanol–water partition coefficient (Wildman–Crippen LogP) is 1.09. The molecular weight excluding hydrogens is 250 g/mol. The fraction of sp³-hybridized carbons (Fsp3) is 0.538. The molecule has 1 rings (SSSR count). The summed E-state index contributed by atoms with van der Waals surface area (Å²) in [5.41, 5.74) is 1.10. The first-order valence-corrected chi connectivity index (χ1v) is 8.04. The Morgan fingerprint density at radius 3 is 2.39 bits per heavy atom. The molecule has 1 unspecified atom stereocenters. The molecule has 0 aromatic heterocycles. The number of aliphatic hydroxyl groups is 1. The maximum atomic E-state index is 11.2. The van der Waals surface area contributed by atoms with Gasteiger partial charge in [0.15, 0.2) is 0 Å². The van der Waals surface area contributed by atoms with Crippen LogP contribution in [0.2, 0.25) is 0 Å². The van der Waals surface area contributed by atoms with E-state index in [1.807, 2.05) is 42.3 Å². The van der Waals surface area contributed by atoms with Crippen molar-refractivity contribution in [1.82, 2.24) is 4.90 Å². The van der Waals surface area contributed by atoms with Crippen molar-refractivity contribution in [2.24, 2.45) is 0 Å². The minimum atomic E-state index is -2.95. The second-order valence-electron chi connectivity index (χ2n) is 4.55. The zero-order valence-corrected chi connectivity index (χ0v) is 11.7. The third kappa shape index (κ3) is 5.16. The standard InChI is InChI=1S/C13H21NO3S/c1-14(9-11-18(2,16)17)13(8-10-15)12-6-4-3-5-7-12/h3-7,13,15H,8-11H2,1-2H3. The SMILES string of the molecule is CN(CCS(C)(=O)=O)C(CCO)c1ccccc1. The summed E-state index contributed by atoms with van der Waals surface area (Å²) >= 11 is 0. The van der Waals surface area contributed by atoms with Crippen LogP contribution in [-0.4, -0.2) is 50.6 Å². The average Bonchev–Trinajstić information content (AvgIpc) is 2.33. The van der Waals surface area contributed by atoms with Gasteiger partial charge in [-0.05, 0) is 19.0 Å². The number of sulfone groups is 1. The second-order valence-corrected chi connectivity index (χ2v) is 6.81. The van der Waals surface area contributed by atoms with Crippen LogP contribution in [0.25, 0.3) is 0 Å². The highest BCUT2D eigenvalue weighted by molar-refractivity contribution is 7.90. The molecule has 0 bridgehead atoms. The quantitative estimate of drug-likeness (QED) is 0.806. The minimum absolute atomic E-state index is 0.0537. The van der Waals surface area contributed by atoms with E-state index < -0.39 is 9.84 Å². The average molecular weight is 271 g/mol. The van der Waals surface area contributed by atoms with Gasteiger partial charge in [0.25, 0.3) is 0 Å². The van der Waals surface area contributed by atoms with E-state index in [0.717, 1.165) is 5.56 Å². The maximum absolute atomic E-state index is 11.2. The molecule has 1 aromatic carbocycles. The number of nitrogens with zero attached hydrogens (tertiary/aromatic N) is 1. The summed E-state index contributed by atoms with van der Waals surface area (Å²) in [6.45, 7) is 0.557. The van der Waals surface area contributed by atoms with Crippen LogP contribution < -0.4 is 0 Å². The lowest BCUT2D eigenvalue weighted by atomic mass is 10.0. The zero-order chi connectivity index (χ0) is 13.6. The molecule has 102 valence electrons. The van der Waals surface area contributed by atoms with Crippen LogP contribution in [0.4, 0.5) is 0 Å². The lowest BCUT2D eigenvalue weighted by Gasteiger charge is -2.27. The van der Waals surface area contributed by atoms with E-state index in [2.05, 4.69) is 0 Å². The molecule has 1 atom stereocenters. The Labute approximate surface area is 109 Å². The van der Waals surface area contributed by atoms with Crippen molar-refractivity contribution < 1.29 is 13.5 Å². The van der Waals surface area contributed by atoms with Crippen molar-refractivity contribution in [3.63, 3.8) is 0 Å². The number of hydrogen-bond donors (Lipinski definition) is 1. The van der Waals surface area contributed by atoms with E-state index in [4.69, 9.17) is 5.11 Å². The summed E-state index contributed by atoms with van der Waals surface area (Å²) in [4.78, 5) is 1.98. The van der Waals surface area contributed by atoms with E-state index >= 15 is 0 Å². The molecule has 0 aliphatic rings. The topological polar surface area (TPSA) is 57.6 Å². The molecule has 5 heteroatoms. The zero-order valence-electron chi connectivity index (χ0n) is 10.9. The van der Waals surface area contributed by atoms with Gasteiger partial charge in [0.1, 0.15) is 9.84 Å². The van der Waals surface area contributed by atoms with Crippen molar-refractivity contribution in [3.05, 3.63) is 35.9 Å². The van der Waals surface area contributed by atoms with Crippen molar-refractivity contribution in [1.29, 1.82) is 0 Å². The van der Waals surface area contributed by atoms with Crippen LogP contribution in [0, 0.1) is 0 Å². The van der Waals surface area contributed by atoms with Gasteiger partial charge in [-0.3, -0.25) is 4.90 Å². The molecule has 0 heterocycles. The smallest absolute Gasteiger partial charge is 0.148 e. The van der Waals surface area contributed by atoms with Crippen molar-refractivity contribution in [2.75, 3.05) is 32.2 Å². The molecule has 0 radical (unpaired) electrons. The first kappa shape index (κ1) is 15.1. The van der Waals surface area contributed by atoms with Gasteiger partial charge < -0.3 is 5.11 Å². The molecule has 1 N–H and O–H groups in total. The van der Waals surface area contributed by atoms with Gasteiger partial charge in [0.05, 0.1) is 5.75 Å². The van der Waals surface area contributed by atoms with Gasteiger partial charge in [0, 0.05) is 25.4 Å². The summed E-state index contributed by atoms with van der Waals surface area (Å²) < 4.78 is 22.4. The molecule has 0 fully saturated rings. The second kappa shape index (κ2) is 6.87. The van der Waals surface area contributed by atoms with Gasteiger partial charge in [-0.15, -0.1) is 0 Å². The van der Waals surface area contributed by atoms with E-state index in [1.165, 1.54) is 6.26 Å². The minimum Gasteiger partial charge on any atom is -0.396 e. The van der Waals surface area contributed by atoms with Crippen molar-refractivity contribution >= 4 is 9.84 Å². The fourth-order valence-electron chi connectivity index (χ4n) is 1.90. The fourth-order valence-corrected chi connectivity index (χ4v) is 2.52. The Balaban J connectivity index is 2.73. The van der Waals surface area contributed by atoms with Gasteiger partial charge in [-0.25, -0.2) is 8.42 Å². The third-order valence-electron chi connectivity index (χ3n) is 2.93. The highest BCUT2D eigenvalue weighted by Crippen LogP contribution is 2.22. The lowest BCUT2D eigenvalue weighted by molar-refractivity contribution is 0.192.